The van der Waals surface area contributed by atoms with Crippen molar-refractivity contribution < 1.29 is 14.6 Å². The van der Waals surface area contributed by atoms with Gasteiger partial charge in [0.2, 0.25) is 0 Å². The van der Waals surface area contributed by atoms with Gasteiger partial charge < -0.3 is 14.6 Å². The Labute approximate surface area is 137 Å². The van der Waals surface area contributed by atoms with Crippen molar-refractivity contribution in [3.8, 4) is 0 Å². The fourth-order valence-corrected chi connectivity index (χ4v) is 3.73. The second-order valence-electron chi connectivity index (χ2n) is 6.21. The largest absolute Gasteiger partial charge is 0.387 e. The molecule has 2 aliphatic rings. The van der Waals surface area contributed by atoms with E-state index in [2.05, 4.69) is 4.90 Å². The van der Waals surface area contributed by atoms with Crippen LogP contribution in [0, 0.1) is 0 Å². The molecule has 0 aromatic heterocycles. The molecule has 1 aliphatic carbocycles. The number of β-amino-alcohol motifs (C(OH)–C–C–N with tert-alkyl or cyclic N) is 1. The number of aliphatic hydroxyl groups is 1. The maximum Gasteiger partial charge on any atom is 0.0917 e. The second kappa shape index (κ2) is 7.28. The van der Waals surface area contributed by atoms with Gasteiger partial charge in [-0.2, -0.15) is 0 Å². The number of fused-ring (bicyclic) bond motifs is 1. The van der Waals surface area contributed by atoms with E-state index in [1.54, 1.807) is 7.11 Å². The summed E-state index contributed by atoms with van der Waals surface area (Å²) in [5.41, 5.74) is 0.909. The summed E-state index contributed by atoms with van der Waals surface area (Å²) in [6.45, 7) is 2.23. The Kier molecular flexibility index (Phi) is 5.37. The predicted molar refractivity (Wildman–Crippen MR) is 86.2 cm³/mol. The maximum absolute atomic E-state index is 10.5. The lowest BCUT2D eigenvalue weighted by molar-refractivity contribution is -0.120. The Morgan fingerprint density at radius 3 is 2.86 bits per heavy atom. The third-order valence-electron chi connectivity index (χ3n) is 4.88. The molecule has 1 aliphatic heterocycles. The van der Waals surface area contributed by atoms with E-state index in [0.29, 0.717) is 23.7 Å². The van der Waals surface area contributed by atoms with E-state index in [1.165, 1.54) is 0 Å². The topological polar surface area (TPSA) is 41.9 Å². The first kappa shape index (κ1) is 16.2. The Morgan fingerprint density at radius 2 is 2.14 bits per heavy atom. The van der Waals surface area contributed by atoms with Gasteiger partial charge in [0.05, 0.1) is 24.9 Å². The molecule has 22 heavy (non-hydrogen) atoms. The summed E-state index contributed by atoms with van der Waals surface area (Å²) in [6.07, 6.45) is 3.16. The van der Waals surface area contributed by atoms with Gasteiger partial charge in [-0.05, 0) is 37.0 Å². The molecular weight excluding hydrogens is 302 g/mol. The summed E-state index contributed by atoms with van der Waals surface area (Å²) < 4.78 is 11.4. The average Bonchev–Trinajstić information content (AvgIpc) is 2.55. The van der Waals surface area contributed by atoms with Crippen molar-refractivity contribution in [3.05, 3.63) is 34.9 Å². The molecule has 3 rings (SSSR count). The zero-order valence-corrected chi connectivity index (χ0v) is 13.7. The van der Waals surface area contributed by atoms with Gasteiger partial charge in [-0.25, -0.2) is 0 Å². The van der Waals surface area contributed by atoms with Gasteiger partial charge >= 0.3 is 0 Å². The van der Waals surface area contributed by atoms with Gasteiger partial charge in [-0.15, -0.1) is 0 Å². The van der Waals surface area contributed by atoms with Crippen molar-refractivity contribution in [2.75, 3.05) is 26.8 Å². The number of halogens is 1. The predicted octanol–water partition coefficient (Wildman–Crippen LogP) is 2.64. The van der Waals surface area contributed by atoms with Crippen LogP contribution in [0.15, 0.2) is 24.3 Å². The number of ether oxygens (including phenoxy) is 2. The lowest BCUT2D eigenvalue weighted by atomic mass is 9.87. The fourth-order valence-electron chi connectivity index (χ4n) is 3.60. The Balaban J connectivity index is 1.66. The van der Waals surface area contributed by atoms with Crippen molar-refractivity contribution in [1.82, 2.24) is 4.90 Å². The normalized spacial score (nSPS) is 30.8. The highest BCUT2D eigenvalue weighted by atomic mass is 35.5. The first-order chi connectivity index (χ1) is 10.7. The smallest absolute Gasteiger partial charge is 0.0917 e. The summed E-state index contributed by atoms with van der Waals surface area (Å²) in [6, 6.07) is 7.77. The van der Waals surface area contributed by atoms with Gasteiger partial charge in [0.15, 0.2) is 0 Å². The number of rotatable bonds is 4. The molecule has 1 N–H and O–H groups in total. The quantitative estimate of drug-likeness (QED) is 0.924. The van der Waals surface area contributed by atoms with Crippen LogP contribution in [0.2, 0.25) is 5.02 Å². The molecular formula is C17H24ClNO3. The minimum atomic E-state index is -0.501. The van der Waals surface area contributed by atoms with Crippen LogP contribution in [0.25, 0.3) is 0 Å². The van der Waals surface area contributed by atoms with Crippen LogP contribution in [-0.2, 0) is 9.47 Å². The Hall–Kier alpha value is -0.650. The van der Waals surface area contributed by atoms with Gasteiger partial charge in [0, 0.05) is 31.3 Å². The van der Waals surface area contributed by atoms with Crippen molar-refractivity contribution in [2.45, 2.75) is 43.6 Å². The Bertz CT molecular complexity index is 481. The number of benzene rings is 1. The maximum atomic E-state index is 10.5. The highest BCUT2D eigenvalue weighted by molar-refractivity contribution is 6.30. The third kappa shape index (κ3) is 3.63. The first-order valence-electron chi connectivity index (χ1n) is 7.99. The lowest BCUT2D eigenvalue weighted by Crippen LogP contribution is -2.55. The molecule has 1 saturated carbocycles. The monoisotopic (exact) mass is 325 g/mol. The average molecular weight is 326 g/mol. The SMILES string of the molecule is COC1CCC2OCCN(CC(O)c3ccc(Cl)cc3)C2C1. The third-order valence-corrected chi connectivity index (χ3v) is 5.13. The first-order valence-corrected chi connectivity index (χ1v) is 8.37. The van der Waals surface area contributed by atoms with Crippen LogP contribution in [-0.4, -0.2) is 55.1 Å². The van der Waals surface area contributed by atoms with Crippen LogP contribution >= 0.6 is 11.6 Å². The van der Waals surface area contributed by atoms with E-state index in [9.17, 15) is 5.11 Å². The summed E-state index contributed by atoms with van der Waals surface area (Å²) in [5.74, 6) is 0. The number of nitrogens with zero attached hydrogens (tertiary/aromatic N) is 1. The molecule has 0 radical (unpaired) electrons. The van der Waals surface area contributed by atoms with E-state index in [4.69, 9.17) is 21.1 Å². The van der Waals surface area contributed by atoms with Crippen molar-refractivity contribution in [3.63, 3.8) is 0 Å². The summed E-state index contributed by atoms with van der Waals surface area (Å²) in [7, 11) is 1.78. The molecule has 0 amide bonds. The lowest BCUT2D eigenvalue weighted by Gasteiger charge is -2.46. The van der Waals surface area contributed by atoms with Crippen LogP contribution in [0.3, 0.4) is 0 Å². The fraction of sp³-hybridized carbons (Fsp3) is 0.647. The number of morpholine rings is 1. The molecule has 5 heteroatoms. The number of methoxy groups -OCH3 is 1. The van der Waals surface area contributed by atoms with E-state index in [1.807, 2.05) is 24.3 Å². The van der Waals surface area contributed by atoms with Crippen LogP contribution in [0.4, 0.5) is 0 Å². The van der Waals surface area contributed by atoms with Gasteiger partial charge in [0.1, 0.15) is 0 Å². The van der Waals surface area contributed by atoms with Gasteiger partial charge in [-0.1, -0.05) is 23.7 Å². The standard InChI is InChI=1S/C17H24ClNO3/c1-21-14-6-7-17-15(10-14)19(8-9-22-17)11-16(20)12-2-4-13(18)5-3-12/h2-5,14-17,20H,6-11H2,1H3. The molecule has 122 valence electrons. The highest BCUT2D eigenvalue weighted by Crippen LogP contribution is 2.31. The molecule has 4 atom stereocenters. The van der Waals surface area contributed by atoms with Crippen LogP contribution in [0.5, 0.6) is 0 Å². The molecule has 1 heterocycles. The molecule has 0 bridgehead atoms. The van der Waals surface area contributed by atoms with Crippen molar-refractivity contribution in [1.29, 1.82) is 0 Å². The minimum Gasteiger partial charge on any atom is -0.387 e. The van der Waals surface area contributed by atoms with E-state index < -0.39 is 6.10 Å². The van der Waals surface area contributed by atoms with Gasteiger partial charge in [-0.3, -0.25) is 4.90 Å². The molecule has 1 aromatic carbocycles. The molecule has 1 saturated heterocycles. The van der Waals surface area contributed by atoms with Gasteiger partial charge in [0.25, 0.3) is 0 Å². The zero-order valence-electron chi connectivity index (χ0n) is 13.0. The summed E-state index contributed by atoms with van der Waals surface area (Å²) in [5, 5.41) is 11.2. The molecule has 2 fully saturated rings. The second-order valence-corrected chi connectivity index (χ2v) is 6.65. The number of hydrogen-bond acceptors (Lipinski definition) is 4. The summed E-state index contributed by atoms with van der Waals surface area (Å²) in [4.78, 5) is 2.36. The van der Waals surface area contributed by atoms with E-state index in [-0.39, 0.29) is 6.10 Å². The molecule has 4 unspecified atom stereocenters. The minimum absolute atomic E-state index is 0.276. The van der Waals surface area contributed by atoms with Crippen LogP contribution < -0.4 is 0 Å². The Morgan fingerprint density at radius 1 is 1.36 bits per heavy atom. The summed E-state index contributed by atoms with van der Waals surface area (Å²) >= 11 is 5.91. The zero-order chi connectivity index (χ0) is 15.5. The van der Waals surface area contributed by atoms with Crippen molar-refractivity contribution >= 4 is 11.6 Å². The van der Waals surface area contributed by atoms with Crippen LogP contribution in [0.1, 0.15) is 30.9 Å². The van der Waals surface area contributed by atoms with Crippen molar-refractivity contribution in [2.24, 2.45) is 0 Å². The van der Waals surface area contributed by atoms with E-state index in [0.717, 1.165) is 38.0 Å². The number of aliphatic hydroxyl groups excluding tert-OH is 1. The number of hydrogen-bond donors (Lipinski definition) is 1. The highest BCUT2D eigenvalue weighted by Gasteiger charge is 2.38. The molecule has 0 spiro atoms. The molecule has 4 nitrogen and oxygen atoms in total. The molecule has 1 aromatic rings. The van der Waals surface area contributed by atoms with E-state index >= 15 is 0 Å².